The number of benzene rings is 1. The van der Waals surface area contributed by atoms with E-state index in [4.69, 9.17) is 4.74 Å². The van der Waals surface area contributed by atoms with E-state index in [1.54, 1.807) is 7.11 Å². The van der Waals surface area contributed by atoms with Crippen LogP contribution in [0.4, 0.5) is 11.4 Å². The Labute approximate surface area is 228 Å². The maximum Gasteiger partial charge on any atom is 0.272 e. The first kappa shape index (κ1) is 30.6. The van der Waals surface area contributed by atoms with Crippen LogP contribution >= 0.6 is 11.9 Å². The van der Waals surface area contributed by atoms with Gasteiger partial charge in [0.15, 0.2) is 5.75 Å². The van der Waals surface area contributed by atoms with Crippen molar-refractivity contribution in [3.63, 3.8) is 0 Å². The van der Waals surface area contributed by atoms with E-state index in [-0.39, 0.29) is 11.3 Å². The van der Waals surface area contributed by atoms with Crippen LogP contribution in [-0.2, 0) is 12.5 Å². The molecule has 0 aliphatic rings. The molecule has 1 heterocycles. The van der Waals surface area contributed by atoms with Crippen LogP contribution in [0.1, 0.15) is 89.2 Å². The molecule has 0 aliphatic heterocycles. The Balaban J connectivity index is 2.54. The molecule has 0 saturated carbocycles. The summed E-state index contributed by atoms with van der Waals surface area (Å²) in [5, 5.41) is 4.94. The quantitative estimate of drug-likeness (QED) is 0.276. The van der Waals surface area contributed by atoms with E-state index in [0.717, 1.165) is 33.8 Å². The minimum Gasteiger partial charge on any atom is -0.492 e. The van der Waals surface area contributed by atoms with Crippen molar-refractivity contribution >= 4 is 41.4 Å². The molecule has 0 saturated heterocycles. The van der Waals surface area contributed by atoms with Gasteiger partial charge in [-0.1, -0.05) is 97.9 Å². The number of unbranched alkanes of at least 4 members (excludes halogenated alkanes) is 1. The maximum absolute atomic E-state index is 13.6. The highest BCUT2D eigenvalue weighted by Gasteiger charge is 2.22. The Hall–Kier alpha value is -2.60. The highest BCUT2D eigenvalue weighted by Crippen LogP contribution is 2.39. The SMILES string of the molecule is C=C/C(CC(CCC)CCCC)=c1\c(=C)cc(C(=O)Nc2cc(C(C)(C)C)cc(NSC)c2OC)n1C. The van der Waals surface area contributed by atoms with Crippen LogP contribution in [0.2, 0.25) is 0 Å². The summed E-state index contributed by atoms with van der Waals surface area (Å²) >= 11 is 1.49. The Bertz CT molecular complexity index is 1190. The van der Waals surface area contributed by atoms with Crippen LogP contribution in [0, 0.1) is 5.92 Å². The second kappa shape index (κ2) is 13.8. The molecule has 0 spiro atoms. The number of carbonyl (C=O) groups excluding carboxylic acids is 1. The molecule has 5 nitrogen and oxygen atoms in total. The minimum atomic E-state index is -0.197. The number of anilines is 2. The van der Waals surface area contributed by atoms with Gasteiger partial charge >= 0.3 is 0 Å². The number of hydrogen-bond donors (Lipinski definition) is 2. The van der Waals surface area contributed by atoms with Crippen molar-refractivity contribution in [1.29, 1.82) is 0 Å². The molecule has 1 aromatic heterocycles. The number of ether oxygens (including phenoxy) is 1. The first-order chi connectivity index (χ1) is 17.5. The molecular formula is C31H47N3O2S. The van der Waals surface area contributed by atoms with Crippen LogP contribution in [-0.4, -0.2) is 23.8 Å². The number of methoxy groups -OCH3 is 1. The lowest BCUT2D eigenvalue weighted by molar-refractivity contribution is 0.101. The Kier molecular flexibility index (Phi) is 11.4. The summed E-state index contributed by atoms with van der Waals surface area (Å²) in [7, 11) is 3.56. The van der Waals surface area contributed by atoms with Gasteiger partial charge in [-0.2, -0.15) is 0 Å². The van der Waals surface area contributed by atoms with Crippen LogP contribution < -0.4 is 25.3 Å². The van der Waals surface area contributed by atoms with Gasteiger partial charge in [-0.05, 0) is 52.3 Å². The van der Waals surface area contributed by atoms with E-state index in [9.17, 15) is 4.79 Å². The summed E-state index contributed by atoms with van der Waals surface area (Å²) in [6.07, 6.45) is 10.9. The molecule has 37 heavy (non-hydrogen) atoms. The van der Waals surface area contributed by atoms with E-state index >= 15 is 0 Å². The lowest BCUT2D eigenvalue weighted by Crippen LogP contribution is -2.31. The fraction of sp³-hybridized carbons (Fsp3) is 0.516. The standard InChI is InChI=1S/C31H47N3O2S/c1-11-14-16-22(15-12-2)18-23(13-3)28-21(4)17-27(34(28)8)30(35)32-25-19-24(31(5,6)7)20-26(33-37-10)29(25)36-9/h13,17,19-20,22,33H,3-4,11-12,14-16,18H2,1-2,5-10H3,(H,32,35)/b28-23-. The number of rotatable bonds is 13. The molecule has 1 atom stereocenters. The zero-order valence-electron chi connectivity index (χ0n) is 24.2. The fourth-order valence-corrected chi connectivity index (χ4v) is 5.26. The summed E-state index contributed by atoms with van der Waals surface area (Å²) in [5.74, 6) is 1.02. The van der Waals surface area contributed by atoms with Crippen LogP contribution in [0.25, 0.3) is 12.2 Å². The molecule has 204 valence electrons. The third-order valence-corrected chi connectivity index (χ3v) is 7.31. The smallest absolute Gasteiger partial charge is 0.272 e. The first-order valence-electron chi connectivity index (χ1n) is 13.3. The highest BCUT2D eigenvalue weighted by molar-refractivity contribution is 7.99. The third kappa shape index (κ3) is 7.70. The predicted octanol–water partition coefficient (Wildman–Crippen LogP) is 7.02. The minimum absolute atomic E-state index is 0.0974. The van der Waals surface area contributed by atoms with Crippen LogP contribution in [0.15, 0.2) is 30.9 Å². The molecule has 2 rings (SSSR count). The number of carbonyl (C=O) groups is 1. The Morgan fingerprint density at radius 3 is 2.38 bits per heavy atom. The molecule has 2 aromatic rings. The van der Waals surface area contributed by atoms with Gasteiger partial charge in [-0.15, -0.1) is 0 Å². The molecular weight excluding hydrogens is 478 g/mol. The van der Waals surface area contributed by atoms with E-state index in [2.05, 4.69) is 63.9 Å². The number of allylic oxidation sites excluding steroid dienone is 1. The van der Waals surface area contributed by atoms with Gasteiger partial charge < -0.3 is 19.3 Å². The third-order valence-electron chi connectivity index (χ3n) is 6.89. The average Bonchev–Trinajstić information content (AvgIpc) is 3.14. The van der Waals surface area contributed by atoms with Crippen molar-refractivity contribution < 1.29 is 9.53 Å². The normalized spacial score (nSPS) is 13.2. The predicted molar refractivity (Wildman–Crippen MR) is 163 cm³/mol. The zero-order chi connectivity index (χ0) is 27.8. The summed E-state index contributed by atoms with van der Waals surface area (Å²) in [6.45, 7) is 19.3. The number of nitrogens with one attached hydrogen (secondary N) is 2. The van der Waals surface area contributed by atoms with Crippen LogP contribution in [0.5, 0.6) is 5.75 Å². The van der Waals surface area contributed by atoms with Crippen molar-refractivity contribution in [3.05, 3.63) is 52.7 Å². The topological polar surface area (TPSA) is 55.3 Å². The van der Waals surface area contributed by atoms with E-state index in [1.807, 2.05) is 36.1 Å². The van der Waals surface area contributed by atoms with Gasteiger partial charge in [0, 0.05) is 13.3 Å². The van der Waals surface area contributed by atoms with Crippen molar-refractivity contribution in [1.82, 2.24) is 4.57 Å². The molecule has 2 N–H and O–H groups in total. The van der Waals surface area contributed by atoms with Crippen molar-refractivity contribution in [2.24, 2.45) is 13.0 Å². The number of hydrogen-bond acceptors (Lipinski definition) is 4. The lowest BCUT2D eigenvalue weighted by atomic mass is 9.86. The van der Waals surface area contributed by atoms with Crippen molar-refractivity contribution in [2.45, 2.75) is 78.6 Å². The first-order valence-corrected chi connectivity index (χ1v) is 14.6. The molecule has 0 aliphatic carbocycles. The van der Waals surface area contributed by atoms with Gasteiger partial charge in [0.05, 0.1) is 23.8 Å². The molecule has 1 unspecified atom stereocenters. The van der Waals surface area contributed by atoms with Gasteiger partial charge in [0.2, 0.25) is 0 Å². The van der Waals surface area contributed by atoms with E-state index < -0.39 is 0 Å². The van der Waals surface area contributed by atoms with Crippen LogP contribution in [0.3, 0.4) is 0 Å². The van der Waals surface area contributed by atoms with Crippen molar-refractivity contribution in [3.8, 4) is 5.75 Å². The number of aromatic nitrogens is 1. The van der Waals surface area contributed by atoms with E-state index in [1.165, 1.54) is 44.1 Å². The fourth-order valence-electron chi connectivity index (χ4n) is 4.89. The molecule has 6 heteroatoms. The second-order valence-electron chi connectivity index (χ2n) is 10.8. The monoisotopic (exact) mass is 525 g/mol. The molecule has 0 bridgehead atoms. The molecule has 0 fully saturated rings. The van der Waals surface area contributed by atoms with Gasteiger partial charge in [-0.25, -0.2) is 0 Å². The van der Waals surface area contributed by atoms with Gasteiger partial charge in [-0.3, -0.25) is 4.79 Å². The summed E-state index contributed by atoms with van der Waals surface area (Å²) in [4.78, 5) is 13.6. The highest BCUT2D eigenvalue weighted by atomic mass is 32.2. The summed E-state index contributed by atoms with van der Waals surface area (Å²) in [6, 6.07) is 5.95. The largest absolute Gasteiger partial charge is 0.492 e. The number of amides is 1. The second-order valence-corrected chi connectivity index (χ2v) is 11.4. The molecule has 0 radical (unpaired) electrons. The Morgan fingerprint density at radius 2 is 1.84 bits per heavy atom. The van der Waals surface area contributed by atoms with Crippen molar-refractivity contribution in [2.75, 3.05) is 23.4 Å². The Morgan fingerprint density at radius 1 is 1.16 bits per heavy atom. The number of nitrogens with zero attached hydrogens (tertiary/aromatic N) is 1. The average molecular weight is 526 g/mol. The summed E-state index contributed by atoms with van der Waals surface area (Å²) in [5.41, 5.74) is 4.18. The maximum atomic E-state index is 13.6. The summed E-state index contributed by atoms with van der Waals surface area (Å²) < 4.78 is 11.0. The zero-order valence-corrected chi connectivity index (χ0v) is 25.0. The molecule has 1 amide bonds. The van der Waals surface area contributed by atoms with E-state index in [0.29, 0.717) is 23.0 Å². The molecule has 1 aromatic carbocycles. The lowest BCUT2D eigenvalue weighted by Gasteiger charge is -2.24. The van der Waals surface area contributed by atoms with Gasteiger partial charge in [0.25, 0.3) is 5.91 Å². The van der Waals surface area contributed by atoms with Gasteiger partial charge in [0.1, 0.15) is 5.69 Å².